The van der Waals surface area contributed by atoms with Gasteiger partial charge in [-0.15, -0.1) is 0 Å². The summed E-state index contributed by atoms with van der Waals surface area (Å²) >= 11 is 1.32. The Bertz CT molecular complexity index is 831. The SMILES string of the molecule is C=C1CN=C(N(Cc2ccccc2)S(=O)(=O)c2ccccc2)S1. The first-order chi connectivity index (χ1) is 11.1. The molecule has 118 valence electrons. The van der Waals surface area contributed by atoms with E-state index in [1.807, 2.05) is 30.3 Å². The molecule has 4 nitrogen and oxygen atoms in total. The summed E-state index contributed by atoms with van der Waals surface area (Å²) in [4.78, 5) is 5.44. The van der Waals surface area contributed by atoms with Crippen molar-refractivity contribution in [2.75, 3.05) is 6.54 Å². The number of nitrogens with zero attached hydrogens (tertiary/aromatic N) is 2. The van der Waals surface area contributed by atoms with Crippen LogP contribution >= 0.6 is 11.8 Å². The second-order valence-electron chi connectivity index (χ2n) is 5.05. The molecule has 1 heterocycles. The standard InChI is InChI=1S/C17H16N2O2S2/c1-14-12-18-17(22-14)19(13-15-8-4-2-5-9-15)23(20,21)16-10-6-3-7-11-16/h2-11H,1,12-13H2. The lowest BCUT2D eigenvalue weighted by atomic mass is 10.2. The highest BCUT2D eigenvalue weighted by atomic mass is 32.2. The van der Waals surface area contributed by atoms with Crippen LogP contribution < -0.4 is 0 Å². The van der Waals surface area contributed by atoms with Gasteiger partial charge in [0.15, 0.2) is 5.17 Å². The minimum absolute atomic E-state index is 0.247. The lowest BCUT2D eigenvalue weighted by Crippen LogP contribution is -2.34. The number of amidine groups is 1. The first-order valence-corrected chi connectivity index (χ1v) is 9.35. The van der Waals surface area contributed by atoms with E-state index in [1.54, 1.807) is 30.3 Å². The minimum atomic E-state index is -3.67. The second kappa shape index (κ2) is 6.60. The van der Waals surface area contributed by atoms with Gasteiger partial charge in [-0.05, 0) is 17.7 Å². The van der Waals surface area contributed by atoms with Gasteiger partial charge in [0.2, 0.25) is 0 Å². The quantitative estimate of drug-likeness (QED) is 0.853. The van der Waals surface area contributed by atoms with Crippen molar-refractivity contribution in [3.63, 3.8) is 0 Å². The molecule has 1 aliphatic rings. The summed E-state index contributed by atoms with van der Waals surface area (Å²) in [5.41, 5.74) is 0.910. The zero-order valence-electron chi connectivity index (χ0n) is 12.4. The zero-order chi connectivity index (χ0) is 16.3. The highest BCUT2D eigenvalue weighted by molar-refractivity contribution is 8.18. The van der Waals surface area contributed by atoms with Crippen LogP contribution in [0, 0.1) is 0 Å². The fourth-order valence-electron chi connectivity index (χ4n) is 2.20. The summed E-state index contributed by atoms with van der Waals surface area (Å²) < 4.78 is 27.4. The third-order valence-corrected chi connectivity index (χ3v) is 6.16. The molecule has 0 N–H and O–H groups in total. The summed E-state index contributed by atoms with van der Waals surface area (Å²) in [7, 11) is -3.67. The number of hydrogen-bond acceptors (Lipinski definition) is 4. The molecule has 1 aliphatic heterocycles. The lowest BCUT2D eigenvalue weighted by Gasteiger charge is -2.23. The van der Waals surface area contributed by atoms with Gasteiger partial charge < -0.3 is 0 Å². The van der Waals surface area contributed by atoms with E-state index in [1.165, 1.54) is 16.1 Å². The highest BCUT2D eigenvalue weighted by Crippen LogP contribution is 2.30. The zero-order valence-corrected chi connectivity index (χ0v) is 14.1. The topological polar surface area (TPSA) is 49.7 Å². The van der Waals surface area contributed by atoms with Crippen LogP contribution in [-0.4, -0.2) is 24.4 Å². The van der Waals surface area contributed by atoms with Gasteiger partial charge in [-0.3, -0.25) is 4.99 Å². The first-order valence-electron chi connectivity index (χ1n) is 7.09. The van der Waals surface area contributed by atoms with Crippen LogP contribution in [0.5, 0.6) is 0 Å². The van der Waals surface area contributed by atoms with Gasteiger partial charge >= 0.3 is 0 Å². The Morgan fingerprint density at radius 2 is 1.65 bits per heavy atom. The number of aliphatic imine (C=N–C) groups is 1. The average molecular weight is 344 g/mol. The van der Waals surface area contributed by atoms with Gasteiger partial charge in [0.05, 0.1) is 18.0 Å². The van der Waals surface area contributed by atoms with Crippen molar-refractivity contribution in [1.82, 2.24) is 4.31 Å². The Balaban J connectivity index is 2.00. The molecule has 0 saturated carbocycles. The third-order valence-electron chi connectivity index (χ3n) is 3.34. The Kier molecular flexibility index (Phi) is 4.54. The molecule has 23 heavy (non-hydrogen) atoms. The van der Waals surface area contributed by atoms with Crippen LogP contribution in [-0.2, 0) is 16.6 Å². The van der Waals surface area contributed by atoms with Crippen molar-refractivity contribution in [2.45, 2.75) is 11.4 Å². The summed E-state index contributed by atoms with van der Waals surface area (Å²) in [6, 6.07) is 17.9. The van der Waals surface area contributed by atoms with Crippen LogP contribution in [0.4, 0.5) is 0 Å². The Morgan fingerprint density at radius 3 is 2.22 bits per heavy atom. The molecule has 0 atom stereocenters. The maximum absolute atomic E-state index is 13.0. The van der Waals surface area contributed by atoms with Crippen LogP contribution in [0.1, 0.15) is 5.56 Å². The largest absolute Gasteiger partial charge is 0.266 e. The maximum Gasteiger partial charge on any atom is 0.266 e. The summed E-state index contributed by atoms with van der Waals surface area (Å²) in [6.45, 7) is 4.58. The summed E-state index contributed by atoms with van der Waals surface area (Å²) in [5.74, 6) is 0. The molecular weight excluding hydrogens is 328 g/mol. The van der Waals surface area contributed by atoms with E-state index in [-0.39, 0.29) is 11.4 Å². The molecule has 6 heteroatoms. The van der Waals surface area contributed by atoms with Crippen molar-refractivity contribution in [1.29, 1.82) is 0 Å². The van der Waals surface area contributed by atoms with Crippen LogP contribution in [0.25, 0.3) is 0 Å². The Morgan fingerprint density at radius 1 is 1.04 bits per heavy atom. The molecule has 0 saturated heterocycles. The minimum Gasteiger partial charge on any atom is -0.256 e. The van der Waals surface area contributed by atoms with Crippen molar-refractivity contribution in [3.8, 4) is 0 Å². The van der Waals surface area contributed by atoms with Gasteiger partial charge in [-0.2, -0.15) is 0 Å². The van der Waals surface area contributed by atoms with Crippen LogP contribution in [0.2, 0.25) is 0 Å². The van der Waals surface area contributed by atoms with Crippen LogP contribution in [0.15, 0.2) is 82.0 Å². The molecule has 3 rings (SSSR count). The van der Waals surface area contributed by atoms with E-state index in [4.69, 9.17) is 0 Å². The highest BCUT2D eigenvalue weighted by Gasteiger charge is 2.30. The number of benzene rings is 2. The molecule has 0 unspecified atom stereocenters. The molecule has 2 aromatic rings. The average Bonchev–Trinajstić information content (AvgIpc) is 3.00. The molecule has 0 radical (unpaired) electrons. The van der Waals surface area contributed by atoms with E-state index in [0.29, 0.717) is 11.7 Å². The van der Waals surface area contributed by atoms with Crippen molar-refractivity contribution >= 4 is 27.0 Å². The molecule has 0 bridgehead atoms. The van der Waals surface area contributed by atoms with Crippen molar-refractivity contribution < 1.29 is 8.42 Å². The number of sulfonamides is 1. The van der Waals surface area contributed by atoms with E-state index < -0.39 is 10.0 Å². The molecular formula is C17H16N2O2S2. The maximum atomic E-state index is 13.0. The summed E-state index contributed by atoms with van der Waals surface area (Å²) in [5, 5.41) is 0.475. The predicted octanol–water partition coefficient (Wildman–Crippen LogP) is 3.49. The second-order valence-corrected chi connectivity index (χ2v) is 8.06. The third kappa shape index (κ3) is 3.48. The van der Waals surface area contributed by atoms with Gasteiger partial charge in [0.1, 0.15) is 0 Å². The molecule has 0 aromatic heterocycles. The molecule has 0 amide bonds. The van der Waals surface area contributed by atoms with Gasteiger partial charge in [0.25, 0.3) is 10.0 Å². The van der Waals surface area contributed by atoms with Crippen LogP contribution in [0.3, 0.4) is 0 Å². The van der Waals surface area contributed by atoms with Gasteiger partial charge in [0, 0.05) is 4.91 Å². The van der Waals surface area contributed by atoms with E-state index in [2.05, 4.69) is 11.6 Å². The predicted molar refractivity (Wildman–Crippen MR) is 94.6 cm³/mol. The van der Waals surface area contributed by atoms with E-state index in [0.717, 1.165) is 10.5 Å². The number of rotatable bonds is 4. The lowest BCUT2D eigenvalue weighted by molar-refractivity contribution is 0.522. The van der Waals surface area contributed by atoms with Gasteiger partial charge in [-0.25, -0.2) is 12.7 Å². The number of hydrogen-bond donors (Lipinski definition) is 0. The Labute approximate surface area is 140 Å². The smallest absolute Gasteiger partial charge is 0.256 e. The van der Waals surface area contributed by atoms with Crippen molar-refractivity contribution in [2.24, 2.45) is 4.99 Å². The van der Waals surface area contributed by atoms with Gasteiger partial charge in [-0.1, -0.05) is 66.9 Å². The molecule has 0 aliphatic carbocycles. The monoisotopic (exact) mass is 344 g/mol. The fraction of sp³-hybridized carbons (Fsp3) is 0.118. The van der Waals surface area contributed by atoms with E-state index >= 15 is 0 Å². The normalized spacial score (nSPS) is 14.6. The molecule has 0 spiro atoms. The fourth-order valence-corrected chi connectivity index (χ4v) is 4.63. The molecule has 0 fully saturated rings. The summed E-state index contributed by atoms with van der Waals surface area (Å²) in [6.07, 6.45) is 0. The number of thioether (sulfide) groups is 1. The molecule has 2 aromatic carbocycles. The van der Waals surface area contributed by atoms with Crippen molar-refractivity contribution in [3.05, 3.63) is 77.7 Å². The Hall–Kier alpha value is -2.05. The van der Waals surface area contributed by atoms with E-state index in [9.17, 15) is 8.42 Å². The first kappa shape index (κ1) is 15.8.